The number of rotatable bonds is 6. The molecule has 3 aromatic heterocycles. The zero-order valence-corrected chi connectivity index (χ0v) is 22.2. The first kappa shape index (κ1) is 26.4. The fourth-order valence-corrected chi connectivity index (χ4v) is 4.71. The lowest BCUT2D eigenvalue weighted by molar-refractivity contribution is -0.141. The van der Waals surface area contributed by atoms with Crippen molar-refractivity contribution in [1.29, 1.82) is 0 Å². The monoisotopic (exact) mass is 582 g/mol. The topological polar surface area (TPSA) is 131 Å². The molecular weight excluding hydrogens is 561 g/mol. The summed E-state index contributed by atoms with van der Waals surface area (Å²) in [6.07, 6.45) is -1.00. The van der Waals surface area contributed by atoms with Crippen molar-refractivity contribution in [2.24, 2.45) is 4.99 Å². The molecule has 0 spiro atoms. The van der Waals surface area contributed by atoms with Crippen LogP contribution in [0, 0.1) is 0 Å². The number of para-hydroxylation sites is 1. The first-order valence-electron chi connectivity index (χ1n) is 13.4. The van der Waals surface area contributed by atoms with Crippen molar-refractivity contribution in [2.45, 2.75) is 31.1 Å². The fraction of sp³-hybridized carbons (Fsp3) is 0.167. The van der Waals surface area contributed by atoms with Crippen molar-refractivity contribution in [3.63, 3.8) is 0 Å². The van der Waals surface area contributed by atoms with Crippen LogP contribution in [0.15, 0.2) is 88.5 Å². The number of alkyl halides is 3. The van der Waals surface area contributed by atoms with Gasteiger partial charge in [-0.2, -0.15) is 13.2 Å². The summed E-state index contributed by atoms with van der Waals surface area (Å²) in [5.41, 5.74) is 1.91. The molecule has 4 heterocycles. The zero-order chi connectivity index (χ0) is 29.6. The zero-order valence-electron chi connectivity index (χ0n) is 22.2. The van der Waals surface area contributed by atoms with Crippen molar-refractivity contribution in [3.05, 3.63) is 102 Å². The predicted molar refractivity (Wildman–Crippen MR) is 150 cm³/mol. The second kappa shape index (κ2) is 10.4. The molecule has 10 nitrogen and oxygen atoms in total. The molecule has 1 saturated carbocycles. The van der Waals surface area contributed by atoms with Gasteiger partial charge in [-0.3, -0.25) is 4.79 Å². The Hall–Kier alpha value is -5.46. The lowest BCUT2D eigenvalue weighted by Crippen LogP contribution is -2.32. The van der Waals surface area contributed by atoms with Gasteiger partial charge in [0.1, 0.15) is 11.5 Å². The molecule has 0 saturated heterocycles. The molecule has 0 radical (unpaired) electrons. The maximum Gasteiger partial charge on any atom is 0.433 e. The van der Waals surface area contributed by atoms with Crippen LogP contribution in [0.5, 0.6) is 0 Å². The van der Waals surface area contributed by atoms with Crippen LogP contribution >= 0.6 is 0 Å². The van der Waals surface area contributed by atoms with Crippen molar-refractivity contribution in [3.8, 4) is 22.7 Å². The molecule has 1 amide bonds. The number of amides is 1. The van der Waals surface area contributed by atoms with E-state index >= 15 is 0 Å². The summed E-state index contributed by atoms with van der Waals surface area (Å²) in [7, 11) is 0. The molecule has 0 bridgehead atoms. The number of halogens is 3. The van der Waals surface area contributed by atoms with E-state index in [1.807, 2.05) is 42.5 Å². The van der Waals surface area contributed by atoms with E-state index in [9.17, 15) is 18.0 Å². The molecule has 0 unspecified atom stereocenters. The highest BCUT2D eigenvalue weighted by Gasteiger charge is 2.34. The lowest BCUT2D eigenvalue weighted by atomic mass is 10.0. The molecule has 1 atom stereocenters. The number of fused-ring (bicyclic) bond motifs is 1. The molecule has 13 heteroatoms. The Labute approximate surface area is 242 Å². The van der Waals surface area contributed by atoms with Crippen molar-refractivity contribution in [1.82, 2.24) is 25.1 Å². The maximum atomic E-state index is 13.6. The summed E-state index contributed by atoms with van der Waals surface area (Å²) >= 11 is 0. The first-order valence-corrected chi connectivity index (χ1v) is 13.4. The molecule has 1 aliphatic heterocycles. The highest BCUT2D eigenvalue weighted by Crippen LogP contribution is 2.39. The fourth-order valence-electron chi connectivity index (χ4n) is 4.71. The molecule has 2 aliphatic rings. The average molecular weight is 583 g/mol. The van der Waals surface area contributed by atoms with Crippen LogP contribution < -0.4 is 10.6 Å². The van der Waals surface area contributed by atoms with Crippen LogP contribution in [-0.4, -0.2) is 42.9 Å². The van der Waals surface area contributed by atoms with Gasteiger partial charge in [-0.25, -0.2) is 19.9 Å². The molecule has 2 aromatic carbocycles. The van der Waals surface area contributed by atoms with Gasteiger partial charge in [-0.05, 0) is 31.0 Å². The third-order valence-corrected chi connectivity index (χ3v) is 6.98. The number of aliphatic imine (C=N–C) groups is 1. The van der Waals surface area contributed by atoms with E-state index in [2.05, 4.69) is 40.8 Å². The van der Waals surface area contributed by atoms with E-state index in [-0.39, 0.29) is 34.6 Å². The summed E-state index contributed by atoms with van der Waals surface area (Å²) in [6, 6.07) is 18.5. The van der Waals surface area contributed by atoms with E-state index < -0.39 is 23.9 Å². The molecule has 1 aliphatic carbocycles. The van der Waals surface area contributed by atoms with Gasteiger partial charge < -0.3 is 15.1 Å². The second-order valence-corrected chi connectivity index (χ2v) is 10.0. The number of hydrogen-bond acceptors (Lipinski definition) is 9. The summed E-state index contributed by atoms with van der Waals surface area (Å²) in [4.78, 5) is 30.4. The van der Waals surface area contributed by atoms with Crippen LogP contribution in [0.2, 0.25) is 0 Å². The highest BCUT2D eigenvalue weighted by molar-refractivity contribution is 6.19. The van der Waals surface area contributed by atoms with E-state index in [1.54, 1.807) is 12.1 Å². The van der Waals surface area contributed by atoms with Crippen LogP contribution in [0.1, 0.15) is 41.4 Å². The van der Waals surface area contributed by atoms with Crippen molar-refractivity contribution in [2.75, 3.05) is 10.6 Å². The van der Waals surface area contributed by atoms with Gasteiger partial charge in [0.25, 0.3) is 11.8 Å². The Kier molecular flexibility index (Phi) is 6.41. The third-order valence-electron chi connectivity index (χ3n) is 6.98. The Morgan fingerprint density at radius 2 is 1.60 bits per heavy atom. The quantitative estimate of drug-likeness (QED) is 0.260. The van der Waals surface area contributed by atoms with Gasteiger partial charge >= 0.3 is 12.2 Å². The van der Waals surface area contributed by atoms with Crippen molar-refractivity contribution < 1.29 is 22.4 Å². The third kappa shape index (κ3) is 5.32. The van der Waals surface area contributed by atoms with E-state index in [1.165, 1.54) is 18.5 Å². The highest BCUT2D eigenvalue weighted by atomic mass is 19.4. The largest absolute Gasteiger partial charge is 0.433 e. The molecule has 7 rings (SSSR count). The Balaban J connectivity index is 1.23. The number of benzene rings is 2. The lowest BCUT2D eigenvalue weighted by Gasteiger charge is -2.12. The van der Waals surface area contributed by atoms with E-state index in [0.29, 0.717) is 17.2 Å². The minimum atomic E-state index is -4.68. The summed E-state index contributed by atoms with van der Waals surface area (Å²) < 4.78 is 46.5. The van der Waals surface area contributed by atoms with Crippen molar-refractivity contribution >= 4 is 23.3 Å². The number of carbonyl (C=O) groups is 1. The van der Waals surface area contributed by atoms with Gasteiger partial charge in [0.15, 0.2) is 0 Å². The minimum Gasteiger partial charge on any atom is -0.403 e. The molecule has 214 valence electrons. The first-order chi connectivity index (χ1) is 20.8. The summed E-state index contributed by atoms with van der Waals surface area (Å²) in [5, 5.41) is 13.7. The van der Waals surface area contributed by atoms with Gasteiger partial charge in [0.05, 0.1) is 22.7 Å². The SMILES string of the molecule is O=C1Nc2ccccc2C(c2ccccc2)=N[C@@H]1Nc1nnc(-c2ccc(C(F)(F)F)nc2-c2cnc(C3CC3)nc2)o1. The Morgan fingerprint density at radius 3 is 2.35 bits per heavy atom. The molecule has 43 heavy (non-hydrogen) atoms. The number of nitrogens with zero attached hydrogens (tertiary/aromatic N) is 6. The van der Waals surface area contributed by atoms with Crippen LogP contribution in [0.3, 0.4) is 0 Å². The number of carbonyl (C=O) groups excluding carboxylic acids is 1. The van der Waals surface area contributed by atoms with E-state index in [4.69, 9.17) is 4.42 Å². The number of pyridine rings is 1. The molecule has 5 aromatic rings. The second-order valence-electron chi connectivity index (χ2n) is 10.0. The van der Waals surface area contributed by atoms with Crippen LogP contribution in [0.25, 0.3) is 22.7 Å². The van der Waals surface area contributed by atoms with Crippen LogP contribution in [0.4, 0.5) is 24.9 Å². The number of aromatic nitrogens is 5. The summed E-state index contributed by atoms with van der Waals surface area (Å²) in [5.74, 6) is 0.324. The van der Waals surface area contributed by atoms with Gasteiger partial charge in [-0.15, -0.1) is 5.10 Å². The van der Waals surface area contributed by atoms with Gasteiger partial charge in [-0.1, -0.05) is 53.6 Å². The number of benzodiazepines with no additional fused rings is 1. The molecule has 2 N–H and O–H groups in total. The maximum absolute atomic E-state index is 13.6. The Morgan fingerprint density at radius 1 is 0.860 bits per heavy atom. The number of nitrogens with one attached hydrogen (secondary N) is 2. The van der Waals surface area contributed by atoms with Crippen LogP contribution in [-0.2, 0) is 11.0 Å². The van der Waals surface area contributed by atoms with Gasteiger partial charge in [0.2, 0.25) is 6.17 Å². The minimum absolute atomic E-state index is 0.0700. The smallest absolute Gasteiger partial charge is 0.403 e. The Bertz CT molecular complexity index is 1850. The standard InChI is InChI=1S/C30H21F3N8O2/c31-30(32,33)22-13-12-20(24(37-22)18-14-34-25(35-15-18)17-10-11-17)28-40-41-29(43-28)39-26-27(42)36-21-9-5-4-8-19(21)23(38-26)16-6-2-1-3-7-16/h1-9,12-15,17,26H,10-11H2,(H,36,42)(H,39,41)/t26-/m1/s1. The van der Waals surface area contributed by atoms with Gasteiger partial charge in [0, 0.05) is 35.0 Å². The van der Waals surface area contributed by atoms with E-state index in [0.717, 1.165) is 30.0 Å². The number of anilines is 2. The molecular formula is C30H21F3N8O2. The predicted octanol–water partition coefficient (Wildman–Crippen LogP) is 5.71. The number of hydrogen-bond donors (Lipinski definition) is 2. The molecule has 1 fully saturated rings. The normalized spacial score (nSPS) is 16.6. The summed E-state index contributed by atoms with van der Waals surface area (Å²) in [6.45, 7) is 0. The average Bonchev–Trinajstić information content (AvgIpc) is 3.79.